The molecule has 2 aromatic rings. The van der Waals surface area contributed by atoms with Crippen LogP contribution in [-0.2, 0) is 12.8 Å². The minimum atomic E-state index is 0.128. The summed E-state index contributed by atoms with van der Waals surface area (Å²) in [5.74, 6) is 0. The van der Waals surface area contributed by atoms with Gasteiger partial charge in [0.15, 0.2) is 0 Å². The Bertz CT molecular complexity index is 470. The molecular weight excluding hydrogens is 226 g/mol. The van der Waals surface area contributed by atoms with Crippen LogP contribution in [0.1, 0.15) is 33.8 Å². The zero-order valence-corrected chi connectivity index (χ0v) is 11.3. The first-order valence-electron chi connectivity index (χ1n) is 6.08. The van der Waals surface area contributed by atoms with E-state index in [0.717, 1.165) is 12.8 Å². The second-order valence-corrected chi connectivity index (χ2v) is 5.65. The van der Waals surface area contributed by atoms with Crippen LogP contribution in [0.5, 0.6) is 0 Å². The highest BCUT2D eigenvalue weighted by molar-refractivity contribution is 7.12. The van der Waals surface area contributed by atoms with E-state index in [4.69, 9.17) is 5.73 Å². The van der Waals surface area contributed by atoms with E-state index in [9.17, 15) is 0 Å². The summed E-state index contributed by atoms with van der Waals surface area (Å²) in [7, 11) is 0. The summed E-state index contributed by atoms with van der Waals surface area (Å²) < 4.78 is 0. The van der Waals surface area contributed by atoms with Crippen molar-refractivity contribution in [3.63, 3.8) is 0 Å². The third-order valence-electron chi connectivity index (χ3n) is 2.97. The van der Waals surface area contributed by atoms with Gasteiger partial charge in [-0.2, -0.15) is 0 Å². The van der Waals surface area contributed by atoms with Crippen molar-refractivity contribution in [3.8, 4) is 0 Å². The molecule has 0 amide bonds. The normalized spacial score (nSPS) is 12.6. The molecule has 0 bridgehead atoms. The summed E-state index contributed by atoms with van der Waals surface area (Å²) in [6.07, 6.45) is 2.02. The van der Waals surface area contributed by atoms with E-state index >= 15 is 0 Å². The highest BCUT2D eigenvalue weighted by Crippen LogP contribution is 2.24. The van der Waals surface area contributed by atoms with Crippen LogP contribution < -0.4 is 5.73 Å². The monoisotopic (exact) mass is 245 g/mol. The lowest BCUT2D eigenvalue weighted by molar-refractivity contribution is 0.736. The summed E-state index contributed by atoms with van der Waals surface area (Å²) in [6, 6.07) is 13.1. The van der Waals surface area contributed by atoms with Crippen LogP contribution in [0.3, 0.4) is 0 Å². The molecule has 1 nitrogen and oxygen atoms in total. The lowest BCUT2D eigenvalue weighted by Crippen LogP contribution is -2.11. The predicted octanol–water partition coefficient (Wildman–Crippen LogP) is 3.86. The Morgan fingerprint density at radius 2 is 1.82 bits per heavy atom. The molecule has 2 rings (SSSR count). The van der Waals surface area contributed by atoms with Crippen LogP contribution in [0.4, 0.5) is 0 Å². The van der Waals surface area contributed by atoms with E-state index in [1.54, 1.807) is 0 Å². The minimum Gasteiger partial charge on any atom is -0.323 e. The summed E-state index contributed by atoms with van der Waals surface area (Å²) in [4.78, 5) is 2.71. The van der Waals surface area contributed by atoms with Gasteiger partial charge in [0.2, 0.25) is 0 Å². The Balaban J connectivity index is 2.05. The summed E-state index contributed by atoms with van der Waals surface area (Å²) in [5.41, 5.74) is 8.86. The lowest BCUT2D eigenvalue weighted by atomic mass is 10.0. The predicted molar refractivity (Wildman–Crippen MR) is 75.5 cm³/mol. The Morgan fingerprint density at radius 1 is 1.12 bits per heavy atom. The van der Waals surface area contributed by atoms with Crippen molar-refractivity contribution >= 4 is 11.3 Å². The number of aryl methyl sites for hydroxylation is 2. The van der Waals surface area contributed by atoms with E-state index in [1.165, 1.54) is 20.9 Å². The second-order valence-electron chi connectivity index (χ2n) is 4.45. The maximum absolute atomic E-state index is 6.24. The van der Waals surface area contributed by atoms with Gasteiger partial charge in [0.1, 0.15) is 0 Å². The van der Waals surface area contributed by atoms with Crippen LogP contribution >= 0.6 is 11.3 Å². The summed E-state index contributed by atoms with van der Waals surface area (Å²) in [5, 5.41) is 0. The molecule has 0 saturated heterocycles. The van der Waals surface area contributed by atoms with E-state index in [-0.39, 0.29) is 6.04 Å². The average Bonchev–Trinajstić information content (AvgIpc) is 2.81. The minimum absolute atomic E-state index is 0.128. The molecule has 2 heteroatoms. The number of benzene rings is 1. The van der Waals surface area contributed by atoms with Gasteiger partial charge in [-0.1, -0.05) is 36.8 Å². The van der Waals surface area contributed by atoms with Crippen molar-refractivity contribution in [2.45, 2.75) is 32.7 Å². The van der Waals surface area contributed by atoms with Crippen LogP contribution in [0.25, 0.3) is 0 Å². The first-order chi connectivity index (χ1) is 8.19. The molecule has 1 aromatic carbocycles. The fourth-order valence-corrected chi connectivity index (χ4v) is 2.82. The van der Waals surface area contributed by atoms with Crippen molar-refractivity contribution in [2.24, 2.45) is 5.73 Å². The standard InChI is InChI=1S/C15H19NS/c1-3-13-8-9-15(17-13)14(16)10-12-6-4-11(2)5-7-12/h4-9,14H,3,10,16H2,1-2H3. The first kappa shape index (κ1) is 12.3. The molecule has 1 aromatic heterocycles. The second kappa shape index (κ2) is 5.48. The summed E-state index contributed by atoms with van der Waals surface area (Å²) >= 11 is 1.84. The average molecular weight is 245 g/mol. The molecule has 0 aliphatic carbocycles. The topological polar surface area (TPSA) is 26.0 Å². The van der Waals surface area contributed by atoms with Gasteiger partial charge in [0.05, 0.1) is 0 Å². The van der Waals surface area contributed by atoms with Gasteiger partial charge in [0, 0.05) is 15.8 Å². The Kier molecular flexibility index (Phi) is 3.97. The number of hydrogen-bond donors (Lipinski definition) is 1. The fourth-order valence-electron chi connectivity index (χ4n) is 1.86. The molecule has 0 aliphatic heterocycles. The van der Waals surface area contributed by atoms with Crippen LogP contribution in [-0.4, -0.2) is 0 Å². The quantitative estimate of drug-likeness (QED) is 0.869. The highest BCUT2D eigenvalue weighted by atomic mass is 32.1. The first-order valence-corrected chi connectivity index (χ1v) is 6.90. The van der Waals surface area contributed by atoms with Crippen molar-refractivity contribution in [1.29, 1.82) is 0 Å². The fraction of sp³-hybridized carbons (Fsp3) is 0.333. The number of thiophene rings is 1. The van der Waals surface area contributed by atoms with Crippen molar-refractivity contribution < 1.29 is 0 Å². The van der Waals surface area contributed by atoms with Gasteiger partial charge in [-0.15, -0.1) is 11.3 Å². The van der Waals surface area contributed by atoms with E-state index in [1.807, 2.05) is 11.3 Å². The Labute approximate surface area is 107 Å². The molecule has 0 fully saturated rings. The smallest absolute Gasteiger partial charge is 0.0430 e. The maximum atomic E-state index is 6.24. The molecule has 0 spiro atoms. The molecule has 0 aliphatic rings. The molecule has 0 radical (unpaired) electrons. The molecular formula is C15H19NS. The van der Waals surface area contributed by atoms with Gasteiger partial charge in [-0.3, -0.25) is 0 Å². The van der Waals surface area contributed by atoms with E-state index in [0.29, 0.717) is 0 Å². The maximum Gasteiger partial charge on any atom is 0.0430 e. The van der Waals surface area contributed by atoms with Gasteiger partial charge in [-0.05, 0) is 37.5 Å². The molecule has 1 unspecified atom stereocenters. The van der Waals surface area contributed by atoms with Crippen molar-refractivity contribution in [2.75, 3.05) is 0 Å². The van der Waals surface area contributed by atoms with Gasteiger partial charge < -0.3 is 5.73 Å². The van der Waals surface area contributed by atoms with Gasteiger partial charge >= 0.3 is 0 Å². The SMILES string of the molecule is CCc1ccc(C(N)Cc2ccc(C)cc2)s1. The molecule has 1 heterocycles. The zero-order chi connectivity index (χ0) is 12.3. The van der Waals surface area contributed by atoms with Crippen LogP contribution in [0.2, 0.25) is 0 Å². The lowest BCUT2D eigenvalue weighted by Gasteiger charge is -2.09. The molecule has 2 N–H and O–H groups in total. The van der Waals surface area contributed by atoms with Gasteiger partial charge in [0.25, 0.3) is 0 Å². The largest absolute Gasteiger partial charge is 0.323 e. The molecule has 1 atom stereocenters. The zero-order valence-electron chi connectivity index (χ0n) is 10.4. The number of nitrogens with two attached hydrogens (primary N) is 1. The van der Waals surface area contributed by atoms with Crippen LogP contribution in [0.15, 0.2) is 36.4 Å². The molecule has 0 saturated carbocycles. The third-order valence-corrected chi connectivity index (χ3v) is 4.33. The number of rotatable bonds is 4. The Hall–Kier alpha value is -1.12. The highest BCUT2D eigenvalue weighted by Gasteiger charge is 2.09. The molecule has 90 valence electrons. The van der Waals surface area contributed by atoms with Gasteiger partial charge in [-0.25, -0.2) is 0 Å². The van der Waals surface area contributed by atoms with E-state index in [2.05, 4.69) is 50.2 Å². The Morgan fingerprint density at radius 3 is 2.41 bits per heavy atom. The number of hydrogen-bond acceptors (Lipinski definition) is 2. The van der Waals surface area contributed by atoms with Crippen molar-refractivity contribution in [3.05, 3.63) is 57.3 Å². The van der Waals surface area contributed by atoms with Crippen molar-refractivity contribution in [1.82, 2.24) is 0 Å². The third kappa shape index (κ3) is 3.18. The summed E-state index contributed by atoms with van der Waals surface area (Å²) in [6.45, 7) is 4.29. The molecule has 17 heavy (non-hydrogen) atoms. The van der Waals surface area contributed by atoms with E-state index < -0.39 is 0 Å². The van der Waals surface area contributed by atoms with Crippen LogP contribution in [0, 0.1) is 6.92 Å².